The van der Waals surface area contributed by atoms with E-state index in [1.807, 2.05) is 19.9 Å². The number of nitrogens with zero attached hydrogens (tertiary/aromatic N) is 2. The van der Waals surface area contributed by atoms with Crippen molar-refractivity contribution < 1.29 is 4.79 Å². The van der Waals surface area contributed by atoms with E-state index in [4.69, 9.17) is 0 Å². The van der Waals surface area contributed by atoms with Gasteiger partial charge in [0.2, 0.25) is 5.43 Å². The van der Waals surface area contributed by atoms with Gasteiger partial charge in [0.05, 0.1) is 10.9 Å². The second-order valence-corrected chi connectivity index (χ2v) is 5.07. The molecule has 0 radical (unpaired) electrons. The van der Waals surface area contributed by atoms with Gasteiger partial charge in [-0.1, -0.05) is 12.1 Å². The first kappa shape index (κ1) is 13.9. The maximum Gasteiger partial charge on any atom is 0.281 e. The lowest BCUT2D eigenvalue weighted by Gasteiger charge is -2.06. The summed E-state index contributed by atoms with van der Waals surface area (Å²) in [5.41, 5.74) is 1.94. The fourth-order valence-corrected chi connectivity index (χ4v) is 2.35. The Balaban J connectivity index is 2.06. The third kappa shape index (κ3) is 2.46. The van der Waals surface area contributed by atoms with E-state index in [1.165, 1.54) is 0 Å². The van der Waals surface area contributed by atoms with Crippen LogP contribution in [0.2, 0.25) is 0 Å². The smallest absolute Gasteiger partial charge is 0.281 e. The average molecular weight is 294 g/mol. The molecule has 0 saturated carbocycles. The van der Waals surface area contributed by atoms with Crippen LogP contribution in [-0.4, -0.2) is 21.1 Å². The zero-order valence-electron chi connectivity index (χ0n) is 12.2. The van der Waals surface area contributed by atoms with E-state index in [-0.39, 0.29) is 5.69 Å². The van der Waals surface area contributed by atoms with E-state index >= 15 is 0 Å². The van der Waals surface area contributed by atoms with Crippen LogP contribution >= 0.6 is 0 Å². The Morgan fingerprint density at radius 3 is 2.77 bits per heavy atom. The first-order valence-corrected chi connectivity index (χ1v) is 6.78. The second-order valence-electron chi connectivity index (χ2n) is 5.07. The Morgan fingerprint density at radius 2 is 2.05 bits per heavy atom. The summed E-state index contributed by atoms with van der Waals surface area (Å²) in [7, 11) is 0. The van der Waals surface area contributed by atoms with Crippen molar-refractivity contribution in [3.63, 3.8) is 0 Å². The van der Waals surface area contributed by atoms with Crippen LogP contribution in [0, 0.1) is 13.8 Å². The van der Waals surface area contributed by atoms with Gasteiger partial charge >= 0.3 is 0 Å². The third-order valence-corrected chi connectivity index (χ3v) is 3.34. The highest BCUT2D eigenvalue weighted by molar-refractivity contribution is 6.03. The van der Waals surface area contributed by atoms with Gasteiger partial charge in [0, 0.05) is 6.20 Å². The molecule has 0 atom stereocenters. The number of pyridine rings is 1. The molecule has 110 valence electrons. The Bertz CT molecular complexity index is 917. The van der Waals surface area contributed by atoms with Crippen molar-refractivity contribution in [2.45, 2.75) is 13.8 Å². The van der Waals surface area contributed by atoms with E-state index in [1.54, 1.807) is 30.5 Å². The molecule has 3 rings (SSSR count). The van der Waals surface area contributed by atoms with Gasteiger partial charge in [0.15, 0.2) is 5.69 Å². The molecule has 2 aromatic heterocycles. The molecule has 0 fully saturated rings. The van der Waals surface area contributed by atoms with Gasteiger partial charge < -0.3 is 5.32 Å². The minimum absolute atomic E-state index is 0.178. The number of benzene rings is 1. The summed E-state index contributed by atoms with van der Waals surface area (Å²) < 4.78 is 0. The first-order chi connectivity index (χ1) is 10.6. The monoisotopic (exact) mass is 294 g/mol. The summed E-state index contributed by atoms with van der Waals surface area (Å²) in [5.74, 6) is -0.213. The number of H-pyrrole nitrogens is 1. The second kappa shape index (κ2) is 5.40. The molecule has 6 nitrogen and oxygen atoms in total. The molecule has 0 bridgehead atoms. The molecular formula is C16H14N4O2. The number of fused-ring (bicyclic) bond motifs is 1. The van der Waals surface area contributed by atoms with E-state index in [9.17, 15) is 9.59 Å². The molecule has 0 saturated heterocycles. The van der Waals surface area contributed by atoms with Crippen LogP contribution in [0.4, 0.5) is 5.82 Å². The minimum atomic E-state index is -0.582. The van der Waals surface area contributed by atoms with Crippen molar-refractivity contribution >= 4 is 22.6 Å². The highest BCUT2D eigenvalue weighted by Gasteiger charge is 2.16. The van der Waals surface area contributed by atoms with Gasteiger partial charge in [-0.3, -0.25) is 14.7 Å². The van der Waals surface area contributed by atoms with Crippen molar-refractivity contribution in [3.05, 3.63) is 63.6 Å². The Labute approximate surface area is 126 Å². The van der Waals surface area contributed by atoms with E-state index in [0.29, 0.717) is 16.7 Å². The molecule has 0 spiro atoms. The minimum Gasteiger partial charge on any atom is -0.305 e. The van der Waals surface area contributed by atoms with Crippen LogP contribution in [0.15, 0.2) is 41.3 Å². The van der Waals surface area contributed by atoms with Crippen LogP contribution in [0.3, 0.4) is 0 Å². The molecule has 1 aromatic carbocycles. The number of hydrogen-bond acceptors (Lipinski definition) is 4. The molecule has 0 aliphatic heterocycles. The summed E-state index contributed by atoms with van der Waals surface area (Å²) in [5, 5.41) is 9.72. The summed E-state index contributed by atoms with van der Waals surface area (Å²) in [6.45, 7) is 3.79. The fraction of sp³-hybridized carbons (Fsp3) is 0.125. The number of amides is 1. The van der Waals surface area contributed by atoms with Crippen molar-refractivity contribution in [2.24, 2.45) is 0 Å². The van der Waals surface area contributed by atoms with Crippen molar-refractivity contribution in [1.29, 1.82) is 0 Å². The molecular weight excluding hydrogens is 280 g/mol. The normalized spacial score (nSPS) is 10.6. The maximum absolute atomic E-state index is 12.5. The zero-order chi connectivity index (χ0) is 15.7. The lowest BCUT2D eigenvalue weighted by Crippen LogP contribution is -2.25. The molecule has 6 heteroatoms. The highest BCUT2D eigenvalue weighted by Crippen LogP contribution is 2.15. The molecule has 3 aromatic rings. The summed E-state index contributed by atoms with van der Waals surface area (Å²) in [4.78, 5) is 28.7. The molecule has 2 N–H and O–H groups in total. The van der Waals surface area contributed by atoms with Crippen LogP contribution in [0.25, 0.3) is 10.9 Å². The average Bonchev–Trinajstić information content (AvgIpc) is 2.49. The number of nitrogens with one attached hydrogen (secondary N) is 2. The predicted octanol–water partition coefficient (Wildman–Crippen LogP) is 2.19. The van der Waals surface area contributed by atoms with Crippen LogP contribution < -0.4 is 10.7 Å². The fourth-order valence-electron chi connectivity index (χ4n) is 2.35. The van der Waals surface area contributed by atoms with Crippen LogP contribution in [0.1, 0.15) is 21.6 Å². The maximum atomic E-state index is 12.5. The van der Waals surface area contributed by atoms with Crippen molar-refractivity contribution in [2.75, 3.05) is 5.32 Å². The molecule has 22 heavy (non-hydrogen) atoms. The molecule has 0 aliphatic rings. The number of carbonyl (C=O) groups excluding carboxylic acids is 1. The highest BCUT2D eigenvalue weighted by atomic mass is 16.2. The molecule has 0 unspecified atom stereocenters. The number of anilines is 1. The zero-order valence-corrected chi connectivity index (χ0v) is 12.2. The first-order valence-electron chi connectivity index (χ1n) is 6.78. The van der Waals surface area contributed by atoms with Crippen LogP contribution in [-0.2, 0) is 0 Å². The van der Waals surface area contributed by atoms with Gasteiger partial charge in [-0.15, -0.1) is 0 Å². The number of rotatable bonds is 2. The van der Waals surface area contributed by atoms with Gasteiger partial charge in [0.1, 0.15) is 5.82 Å². The lowest BCUT2D eigenvalue weighted by molar-refractivity contribution is 0.102. The van der Waals surface area contributed by atoms with Crippen molar-refractivity contribution in [1.82, 2.24) is 15.2 Å². The quantitative estimate of drug-likeness (QED) is 0.758. The molecule has 0 aliphatic carbocycles. The number of hydrogen-bond donors (Lipinski definition) is 2. The molecule has 1 amide bonds. The van der Waals surface area contributed by atoms with E-state index < -0.39 is 11.3 Å². The van der Waals surface area contributed by atoms with Gasteiger partial charge in [-0.2, -0.15) is 5.10 Å². The van der Waals surface area contributed by atoms with Gasteiger partial charge in [-0.25, -0.2) is 4.98 Å². The summed E-state index contributed by atoms with van der Waals surface area (Å²) in [6.07, 6.45) is 1.56. The Hall–Kier alpha value is -3.02. The number of aromatic amines is 1. The topological polar surface area (TPSA) is 87.7 Å². The lowest BCUT2D eigenvalue weighted by atomic mass is 10.1. The third-order valence-electron chi connectivity index (χ3n) is 3.34. The van der Waals surface area contributed by atoms with Gasteiger partial charge in [0.25, 0.3) is 5.91 Å². The van der Waals surface area contributed by atoms with Crippen molar-refractivity contribution in [3.8, 4) is 0 Å². The Kier molecular flexibility index (Phi) is 3.42. The van der Waals surface area contributed by atoms with Gasteiger partial charge in [-0.05, 0) is 43.2 Å². The van der Waals surface area contributed by atoms with Crippen LogP contribution in [0.5, 0.6) is 0 Å². The number of aryl methyl sites for hydroxylation is 2. The largest absolute Gasteiger partial charge is 0.305 e. The van der Waals surface area contributed by atoms with E-state index in [2.05, 4.69) is 20.5 Å². The molecule has 2 heterocycles. The number of carbonyl (C=O) groups is 1. The Morgan fingerprint density at radius 1 is 1.23 bits per heavy atom. The van der Waals surface area contributed by atoms with E-state index in [0.717, 1.165) is 11.1 Å². The number of aromatic nitrogens is 3. The summed E-state index contributed by atoms with van der Waals surface area (Å²) in [6, 6.07) is 8.82. The SMILES string of the molecule is Cc1cc(C)c2[nH]nc(C(=O)Nc3ccccn3)c(=O)c2c1. The summed E-state index contributed by atoms with van der Waals surface area (Å²) >= 11 is 0. The standard InChI is InChI=1S/C16H14N4O2/c1-9-7-10(2)13-11(8-9)15(21)14(20-19-13)16(22)18-12-5-3-4-6-17-12/h3-8H,1-2H3,(H,19,21)(H,17,18,22). The predicted molar refractivity (Wildman–Crippen MR) is 84.0 cm³/mol.